The predicted octanol–water partition coefficient (Wildman–Crippen LogP) is 4.12. The summed E-state index contributed by atoms with van der Waals surface area (Å²) in [6.45, 7) is 3.21. The Hall–Kier alpha value is -3.22. The van der Waals surface area contributed by atoms with Crippen molar-refractivity contribution >= 4 is 18.1 Å². The van der Waals surface area contributed by atoms with Crippen LogP contribution in [0.3, 0.4) is 0 Å². The number of ether oxygens (including phenoxy) is 1. The van der Waals surface area contributed by atoms with E-state index in [0.717, 1.165) is 29.7 Å². The molecule has 2 aliphatic heterocycles. The van der Waals surface area contributed by atoms with E-state index >= 15 is 0 Å². The third-order valence-electron chi connectivity index (χ3n) is 7.64. The fourth-order valence-electron chi connectivity index (χ4n) is 6.11. The number of aromatic nitrogens is 1. The van der Waals surface area contributed by atoms with Gasteiger partial charge in [0.1, 0.15) is 11.9 Å². The Kier molecular flexibility index (Phi) is 5.64. The molecule has 7 heteroatoms. The number of allylic oxidation sites excluding steroid dienone is 1. The van der Waals surface area contributed by atoms with Crippen LogP contribution in [-0.4, -0.2) is 41.1 Å². The van der Waals surface area contributed by atoms with E-state index in [4.69, 9.17) is 10.5 Å². The lowest BCUT2D eigenvalue weighted by atomic mass is 9.59. The summed E-state index contributed by atoms with van der Waals surface area (Å²) in [6, 6.07) is 9.91. The third-order valence-corrected chi connectivity index (χ3v) is 7.64. The van der Waals surface area contributed by atoms with Gasteiger partial charge in [-0.15, -0.1) is 0 Å². The molecule has 5 rings (SSSR count). The van der Waals surface area contributed by atoms with E-state index in [9.17, 15) is 14.0 Å². The minimum atomic E-state index is -0.396. The molecule has 33 heavy (non-hydrogen) atoms. The second-order valence-corrected chi connectivity index (χ2v) is 9.48. The standard InChI is InChI=1S/C26H28FN3O3/c1-15-24-22(8-7-20-6-5-17(13-29-20)16-3-2-4-19(27)11-16)21-9-10-30(26(28)32)14-18(21)12-23(24)25(31)33-15/h2-8,11,13,15,18,21-24H,9-10,12,14H2,1H3,(H2,28,32)/b8-7+/t15-,18?,21?,22?,23?,24?/m1/s1. The monoisotopic (exact) mass is 449 g/mol. The second-order valence-electron chi connectivity index (χ2n) is 9.48. The molecule has 1 aliphatic carbocycles. The van der Waals surface area contributed by atoms with Crippen molar-refractivity contribution in [3.63, 3.8) is 0 Å². The summed E-state index contributed by atoms with van der Waals surface area (Å²) in [5.74, 6) is 0.328. The minimum absolute atomic E-state index is 0.127. The lowest BCUT2D eigenvalue weighted by molar-refractivity contribution is -0.144. The van der Waals surface area contributed by atoms with Crippen molar-refractivity contribution in [1.82, 2.24) is 9.88 Å². The smallest absolute Gasteiger partial charge is 0.314 e. The zero-order chi connectivity index (χ0) is 23.1. The van der Waals surface area contributed by atoms with Crippen LogP contribution >= 0.6 is 0 Å². The quantitative estimate of drug-likeness (QED) is 0.715. The number of nitrogens with two attached hydrogens (primary N) is 1. The van der Waals surface area contributed by atoms with Crippen LogP contribution in [-0.2, 0) is 9.53 Å². The van der Waals surface area contributed by atoms with Crippen molar-refractivity contribution in [1.29, 1.82) is 0 Å². The number of fused-ring (bicyclic) bond motifs is 2. The van der Waals surface area contributed by atoms with Crippen LogP contribution in [0.15, 0.2) is 48.7 Å². The van der Waals surface area contributed by atoms with Crippen LogP contribution < -0.4 is 5.73 Å². The van der Waals surface area contributed by atoms with Gasteiger partial charge in [0, 0.05) is 30.8 Å². The van der Waals surface area contributed by atoms with Crippen molar-refractivity contribution in [3.8, 4) is 11.1 Å². The number of primary amides is 1. The average Bonchev–Trinajstić information content (AvgIpc) is 3.09. The molecule has 5 unspecified atom stereocenters. The van der Waals surface area contributed by atoms with E-state index in [1.165, 1.54) is 12.1 Å². The number of hydrogen-bond acceptors (Lipinski definition) is 4. The minimum Gasteiger partial charge on any atom is -0.462 e. The maximum Gasteiger partial charge on any atom is 0.314 e. The number of halogens is 1. The van der Waals surface area contributed by atoms with Gasteiger partial charge in [-0.25, -0.2) is 9.18 Å². The summed E-state index contributed by atoms with van der Waals surface area (Å²) in [5.41, 5.74) is 7.97. The van der Waals surface area contributed by atoms with Gasteiger partial charge in [-0.05, 0) is 67.4 Å². The van der Waals surface area contributed by atoms with E-state index < -0.39 is 6.03 Å². The number of nitrogens with zero attached hydrogens (tertiary/aromatic N) is 2. The molecule has 3 heterocycles. The number of hydrogen-bond donors (Lipinski definition) is 1. The summed E-state index contributed by atoms with van der Waals surface area (Å²) >= 11 is 0. The molecule has 0 radical (unpaired) electrons. The van der Waals surface area contributed by atoms with Gasteiger partial charge in [0.25, 0.3) is 0 Å². The molecule has 0 bridgehead atoms. The van der Waals surface area contributed by atoms with Gasteiger partial charge < -0.3 is 15.4 Å². The van der Waals surface area contributed by atoms with Gasteiger partial charge >= 0.3 is 12.0 Å². The highest BCUT2D eigenvalue weighted by molar-refractivity contribution is 5.76. The molecule has 0 spiro atoms. The van der Waals surface area contributed by atoms with Crippen LogP contribution in [0.25, 0.3) is 17.2 Å². The average molecular weight is 450 g/mol. The molecule has 3 fully saturated rings. The summed E-state index contributed by atoms with van der Waals surface area (Å²) in [6.07, 6.45) is 7.41. The van der Waals surface area contributed by atoms with Gasteiger partial charge in [-0.2, -0.15) is 0 Å². The van der Waals surface area contributed by atoms with E-state index in [-0.39, 0.29) is 41.6 Å². The summed E-state index contributed by atoms with van der Waals surface area (Å²) < 4.78 is 19.2. The number of likely N-dealkylation sites (tertiary alicyclic amines) is 1. The van der Waals surface area contributed by atoms with Crippen molar-refractivity contribution in [2.45, 2.75) is 25.9 Å². The highest BCUT2D eigenvalue weighted by atomic mass is 19.1. The van der Waals surface area contributed by atoms with Crippen LogP contribution in [0, 0.1) is 35.4 Å². The summed E-state index contributed by atoms with van der Waals surface area (Å²) in [4.78, 5) is 30.5. The summed E-state index contributed by atoms with van der Waals surface area (Å²) in [7, 11) is 0. The molecule has 6 atom stereocenters. The number of benzene rings is 1. The highest BCUT2D eigenvalue weighted by Crippen LogP contribution is 2.51. The highest BCUT2D eigenvalue weighted by Gasteiger charge is 2.54. The number of esters is 1. The number of pyridine rings is 1. The van der Waals surface area contributed by atoms with Crippen molar-refractivity contribution in [3.05, 3.63) is 60.2 Å². The maximum atomic E-state index is 13.5. The molecule has 1 aromatic carbocycles. The number of carbonyl (C=O) groups is 2. The van der Waals surface area contributed by atoms with E-state index in [1.54, 1.807) is 17.2 Å². The molecule has 2 N–H and O–H groups in total. The van der Waals surface area contributed by atoms with E-state index in [0.29, 0.717) is 19.0 Å². The third kappa shape index (κ3) is 4.12. The molecule has 172 valence electrons. The first-order valence-electron chi connectivity index (χ1n) is 11.6. The Morgan fingerprint density at radius 2 is 2.12 bits per heavy atom. The second kappa shape index (κ2) is 8.61. The molecular weight excluding hydrogens is 421 g/mol. The zero-order valence-electron chi connectivity index (χ0n) is 18.6. The normalized spacial score (nSPS) is 31.2. The molecule has 6 nitrogen and oxygen atoms in total. The first-order chi connectivity index (χ1) is 15.9. The number of piperidine rings is 1. The van der Waals surface area contributed by atoms with Crippen molar-refractivity contribution in [2.24, 2.45) is 35.3 Å². The van der Waals surface area contributed by atoms with Gasteiger partial charge in [0.05, 0.1) is 11.6 Å². The Balaban J connectivity index is 1.39. The summed E-state index contributed by atoms with van der Waals surface area (Å²) in [5, 5.41) is 0. The SMILES string of the molecule is C[C@H]1OC(=O)C2CC3CN(C(N)=O)CCC3C(/C=C/c3ccc(-c4cccc(F)c4)cn3)C21. The topological polar surface area (TPSA) is 85.5 Å². The Labute approximate surface area is 192 Å². The lowest BCUT2D eigenvalue weighted by Gasteiger charge is -2.48. The van der Waals surface area contributed by atoms with Crippen LogP contribution in [0.5, 0.6) is 0 Å². The fourth-order valence-corrected chi connectivity index (χ4v) is 6.11. The van der Waals surface area contributed by atoms with E-state index in [1.807, 2.05) is 31.2 Å². The molecule has 2 aromatic rings. The fraction of sp³-hybridized carbons (Fsp3) is 0.423. The van der Waals surface area contributed by atoms with Crippen LogP contribution in [0.1, 0.15) is 25.5 Å². The maximum absolute atomic E-state index is 13.5. The Morgan fingerprint density at radius 1 is 1.27 bits per heavy atom. The zero-order valence-corrected chi connectivity index (χ0v) is 18.6. The van der Waals surface area contributed by atoms with E-state index in [2.05, 4.69) is 11.1 Å². The lowest BCUT2D eigenvalue weighted by Crippen LogP contribution is -2.52. The van der Waals surface area contributed by atoms with Crippen molar-refractivity contribution < 1.29 is 18.7 Å². The van der Waals surface area contributed by atoms with Gasteiger partial charge in [0.2, 0.25) is 0 Å². The van der Waals surface area contributed by atoms with Gasteiger partial charge in [-0.3, -0.25) is 9.78 Å². The molecule has 1 aromatic heterocycles. The molecule has 1 saturated carbocycles. The predicted molar refractivity (Wildman–Crippen MR) is 122 cm³/mol. The van der Waals surface area contributed by atoms with Gasteiger partial charge in [0.15, 0.2) is 0 Å². The molecule has 2 saturated heterocycles. The molecular formula is C26H28FN3O3. The largest absolute Gasteiger partial charge is 0.462 e. The van der Waals surface area contributed by atoms with Crippen molar-refractivity contribution in [2.75, 3.05) is 13.1 Å². The Bertz CT molecular complexity index is 1090. The molecule has 3 aliphatic rings. The Morgan fingerprint density at radius 3 is 2.85 bits per heavy atom. The number of urea groups is 1. The first-order valence-corrected chi connectivity index (χ1v) is 11.6. The number of cyclic esters (lactones) is 1. The van der Waals surface area contributed by atoms with Crippen LogP contribution in [0.2, 0.25) is 0 Å². The number of rotatable bonds is 3. The van der Waals surface area contributed by atoms with Crippen LogP contribution in [0.4, 0.5) is 9.18 Å². The number of amides is 2. The van der Waals surface area contributed by atoms with Gasteiger partial charge in [-0.1, -0.05) is 24.3 Å². The molecule has 2 amide bonds. The number of carbonyl (C=O) groups excluding carboxylic acids is 2. The first kappa shape index (κ1) is 21.6.